The Labute approximate surface area is 229 Å². The van der Waals surface area contributed by atoms with E-state index in [1.807, 2.05) is 19.9 Å². The highest BCUT2D eigenvalue weighted by Gasteiger charge is 2.54. The molecule has 2 saturated heterocycles. The van der Waals surface area contributed by atoms with Gasteiger partial charge in [0.1, 0.15) is 24.4 Å². The van der Waals surface area contributed by atoms with Gasteiger partial charge in [0.2, 0.25) is 23.6 Å². The zero-order valence-corrected chi connectivity index (χ0v) is 23.0. The van der Waals surface area contributed by atoms with Crippen LogP contribution >= 0.6 is 12.6 Å². The Kier molecular flexibility index (Phi) is 11.3. The number of aliphatic hydroxyl groups excluding tert-OH is 1. The molecule has 10 nitrogen and oxygen atoms in total. The van der Waals surface area contributed by atoms with Gasteiger partial charge in [-0.15, -0.1) is 0 Å². The quantitative estimate of drug-likeness (QED) is 0.175. The molecule has 0 bridgehead atoms. The number of hydrogen-bond donors (Lipinski definition) is 5. The minimum absolute atomic E-state index is 0.106. The molecule has 2 heterocycles. The van der Waals surface area contributed by atoms with Crippen molar-refractivity contribution in [3.05, 3.63) is 29.8 Å². The molecular formula is C27H40N4O6S. The van der Waals surface area contributed by atoms with Crippen LogP contribution < -0.4 is 20.7 Å². The molecule has 0 radical (unpaired) electrons. The van der Waals surface area contributed by atoms with Crippen LogP contribution in [-0.4, -0.2) is 77.8 Å². The van der Waals surface area contributed by atoms with Crippen molar-refractivity contribution >= 4 is 36.3 Å². The Balaban J connectivity index is 1.74. The average molecular weight is 549 g/mol. The molecular weight excluding hydrogens is 508 g/mol. The fraction of sp³-hybridized carbons (Fsp3) is 0.630. The third kappa shape index (κ3) is 7.63. The number of rotatable bonds is 14. The number of piperazine rings is 1. The van der Waals surface area contributed by atoms with Crippen molar-refractivity contribution in [2.24, 2.45) is 11.8 Å². The number of fused-ring (bicyclic) bond motifs is 1. The Hall–Kier alpha value is -2.79. The van der Waals surface area contributed by atoms with Gasteiger partial charge in [0.25, 0.3) is 0 Å². The number of unbranched alkanes of at least 4 members (excludes halogenated alkanes) is 2. The molecule has 11 heteroatoms. The van der Waals surface area contributed by atoms with Crippen molar-refractivity contribution in [2.45, 2.75) is 64.1 Å². The zero-order valence-electron chi connectivity index (χ0n) is 22.2. The van der Waals surface area contributed by atoms with E-state index in [1.165, 1.54) is 0 Å². The number of thiol groups is 1. The van der Waals surface area contributed by atoms with Crippen molar-refractivity contribution in [3.8, 4) is 5.75 Å². The minimum Gasteiger partial charge on any atom is -0.491 e. The highest BCUT2D eigenvalue weighted by molar-refractivity contribution is 7.81. The third-order valence-electron chi connectivity index (χ3n) is 6.89. The summed E-state index contributed by atoms with van der Waals surface area (Å²) < 4.78 is 5.58. The van der Waals surface area contributed by atoms with Crippen LogP contribution in [0.4, 0.5) is 0 Å². The van der Waals surface area contributed by atoms with E-state index in [9.17, 15) is 19.2 Å². The first kappa shape index (κ1) is 29.8. The van der Waals surface area contributed by atoms with Crippen LogP contribution in [0.2, 0.25) is 0 Å². The number of carbonyl (C=O) groups excluding carboxylic acids is 4. The van der Waals surface area contributed by atoms with Crippen LogP contribution in [0.25, 0.3) is 0 Å². The van der Waals surface area contributed by atoms with Gasteiger partial charge >= 0.3 is 0 Å². The van der Waals surface area contributed by atoms with E-state index in [0.717, 1.165) is 24.8 Å². The summed E-state index contributed by atoms with van der Waals surface area (Å²) in [5.41, 5.74) is 0.717. The highest BCUT2D eigenvalue weighted by atomic mass is 32.1. The van der Waals surface area contributed by atoms with Gasteiger partial charge in [-0.05, 0) is 55.7 Å². The van der Waals surface area contributed by atoms with E-state index in [0.29, 0.717) is 25.3 Å². The van der Waals surface area contributed by atoms with Gasteiger partial charge in [0.05, 0.1) is 24.3 Å². The molecule has 0 spiro atoms. The van der Waals surface area contributed by atoms with Crippen molar-refractivity contribution in [1.82, 2.24) is 20.9 Å². The Bertz CT molecular complexity index is 990. The average Bonchev–Trinajstić information content (AvgIpc) is 3.31. The van der Waals surface area contributed by atoms with Crippen LogP contribution in [-0.2, 0) is 19.2 Å². The largest absolute Gasteiger partial charge is 0.491 e. The van der Waals surface area contributed by atoms with E-state index in [-0.39, 0.29) is 54.9 Å². The fourth-order valence-electron chi connectivity index (χ4n) is 5.18. The number of amides is 4. The summed E-state index contributed by atoms with van der Waals surface area (Å²) in [5, 5.41) is 17.8. The Morgan fingerprint density at radius 2 is 1.92 bits per heavy atom. The topological polar surface area (TPSA) is 137 Å². The molecule has 0 aromatic heterocycles. The van der Waals surface area contributed by atoms with E-state index >= 15 is 0 Å². The third-order valence-corrected chi connectivity index (χ3v) is 7.17. The molecule has 4 N–H and O–H groups in total. The molecule has 2 aliphatic heterocycles. The van der Waals surface area contributed by atoms with Gasteiger partial charge in [0, 0.05) is 13.1 Å². The SMILES string of the molecule is CC(C)C[C@@H]1NC(=O)[C@H]2C[C@@H](C(=O)NCCCCCNC(=O)CS)[C@@H](c3cccc(OCCO)c3)N2C1=O. The predicted octanol–water partition coefficient (Wildman–Crippen LogP) is 1.19. The van der Waals surface area contributed by atoms with Crippen LogP contribution in [0.15, 0.2) is 24.3 Å². The fourth-order valence-corrected chi connectivity index (χ4v) is 5.30. The molecule has 38 heavy (non-hydrogen) atoms. The van der Waals surface area contributed by atoms with Crippen molar-refractivity contribution < 1.29 is 29.0 Å². The number of aliphatic hydroxyl groups is 1. The summed E-state index contributed by atoms with van der Waals surface area (Å²) in [4.78, 5) is 53.0. The number of nitrogens with one attached hydrogen (secondary N) is 3. The van der Waals surface area contributed by atoms with Crippen LogP contribution in [0, 0.1) is 11.8 Å². The van der Waals surface area contributed by atoms with E-state index in [1.54, 1.807) is 23.1 Å². The number of ether oxygens (including phenoxy) is 1. The number of nitrogens with zero attached hydrogens (tertiary/aromatic N) is 1. The maximum atomic E-state index is 13.6. The van der Waals surface area contributed by atoms with Crippen molar-refractivity contribution in [2.75, 3.05) is 32.1 Å². The highest BCUT2D eigenvalue weighted by Crippen LogP contribution is 2.44. The van der Waals surface area contributed by atoms with Gasteiger partial charge in [-0.25, -0.2) is 0 Å². The molecule has 0 saturated carbocycles. The first-order valence-electron chi connectivity index (χ1n) is 13.4. The van der Waals surface area contributed by atoms with Crippen LogP contribution in [0.1, 0.15) is 57.6 Å². The Morgan fingerprint density at radius 1 is 1.18 bits per heavy atom. The van der Waals surface area contributed by atoms with Crippen molar-refractivity contribution in [1.29, 1.82) is 0 Å². The molecule has 0 aliphatic carbocycles. The van der Waals surface area contributed by atoms with Crippen LogP contribution in [0.5, 0.6) is 5.75 Å². The molecule has 2 aliphatic rings. The molecule has 4 atom stereocenters. The molecule has 1 aromatic rings. The lowest BCUT2D eigenvalue weighted by atomic mass is 9.92. The van der Waals surface area contributed by atoms with Gasteiger partial charge in [-0.1, -0.05) is 26.0 Å². The first-order valence-corrected chi connectivity index (χ1v) is 14.0. The summed E-state index contributed by atoms with van der Waals surface area (Å²) >= 11 is 3.93. The smallest absolute Gasteiger partial charge is 0.246 e. The van der Waals surface area contributed by atoms with Crippen LogP contribution in [0.3, 0.4) is 0 Å². The standard InChI is InChI=1S/C27H40N4O6S/c1-17(2)13-21-27(36)31-22(26(35)30-21)15-20(24(31)18-7-6-8-19(14-18)37-12-11-32)25(34)29-10-5-3-4-9-28-23(33)16-38/h6-8,14,17,20-22,24,32,38H,3-5,9-13,15-16H2,1-2H3,(H,28,33)(H,29,34)(H,30,35)/t20-,21+,22-,24-/m1/s1. The summed E-state index contributed by atoms with van der Waals surface area (Å²) in [5.74, 6) is -0.415. The normalized spacial score (nSPS) is 22.7. The lowest BCUT2D eigenvalue weighted by Gasteiger charge is -2.39. The lowest BCUT2D eigenvalue weighted by Crippen LogP contribution is -2.61. The minimum atomic E-state index is -0.718. The van der Waals surface area contributed by atoms with Crippen molar-refractivity contribution in [3.63, 3.8) is 0 Å². The molecule has 0 unspecified atom stereocenters. The second kappa shape index (κ2) is 14.4. The van der Waals surface area contributed by atoms with E-state index < -0.39 is 24.0 Å². The number of carbonyl (C=O) groups is 4. The van der Waals surface area contributed by atoms with E-state index in [2.05, 4.69) is 28.6 Å². The first-order chi connectivity index (χ1) is 18.3. The monoisotopic (exact) mass is 548 g/mol. The second-order valence-electron chi connectivity index (χ2n) is 10.2. The van der Waals surface area contributed by atoms with E-state index in [4.69, 9.17) is 9.84 Å². The number of hydrogen-bond acceptors (Lipinski definition) is 7. The summed E-state index contributed by atoms with van der Waals surface area (Å²) in [6.07, 6.45) is 3.13. The second-order valence-corrected chi connectivity index (χ2v) is 10.6. The zero-order chi connectivity index (χ0) is 27.7. The van der Waals surface area contributed by atoms with Gasteiger partial charge in [-0.2, -0.15) is 12.6 Å². The molecule has 2 fully saturated rings. The molecule has 1 aromatic carbocycles. The predicted molar refractivity (Wildman–Crippen MR) is 146 cm³/mol. The summed E-state index contributed by atoms with van der Waals surface area (Å²) in [6.45, 7) is 5.02. The molecule has 3 rings (SSSR count). The maximum Gasteiger partial charge on any atom is 0.246 e. The van der Waals surface area contributed by atoms with Gasteiger partial charge in [0.15, 0.2) is 0 Å². The summed E-state index contributed by atoms with van der Waals surface area (Å²) in [7, 11) is 0. The summed E-state index contributed by atoms with van der Waals surface area (Å²) in [6, 6.07) is 5.21. The molecule has 4 amide bonds. The lowest BCUT2D eigenvalue weighted by molar-refractivity contribution is -0.150. The van der Waals surface area contributed by atoms with Gasteiger partial charge < -0.3 is 30.7 Å². The maximum absolute atomic E-state index is 13.6. The number of benzene rings is 1. The molecule has 210 valence electrons. The van der Waals surface area contributed by atoms with Gasteiger partial charge in [-0.3, -0.25) is 19.2 Å². The Morgan fingerprint density at radius 3 is 2.61 bits per heavy atom.